The van der Waals surface area contributed by atoms with Gasteiger partial charge in [0, 0.05) is 38.9 Å². The second kappa shape index (κ2) is 6.32. The van der Waals surface area contributed by atoms with Gasteiger partial charge < -0.3 is 20.3 Å². The molecule has 0 bridgehead atoms. The Labute approximate surface area is 142 Å². The highest BCUT2D eigenvalue weighted by atomic mass is 19.1. The quantitative estimate of drug-likeness (QED) is 0.800. The monoisotopic (exact) mass is 352 g/mol. The summed E-state index contributed by atoms with van der Waals surface area (Å²) in [5.74, 6) is -3.87. The molecule has 0 spiro atoms. The topological polar surface area (TPSA) is 77.8 Å². The van der Waals surface area contributed by atoms with E-state index in [1.807, 2.05) is 11.9 Å². The first-order chi connectivity index (χ1) is 11.8. The van der Waals surface area contributed by atoms with Gasteiger partial charge in [-0.2, -0.15) is 4.39 Å². The molecular weight excluding hydrogens is 334 g/mol. The molecule has 2 N–H and O–H groups in total. The van der Waals surface area contributed by atoms with Crippen LogP contribution in [0, 0.1) is 11.8 Å². The molecule has 1 aromatic heterocycles. The molecule has 2 aromatic rings. The minimum Gasteiger partial charge on any atom is -0.477 e. The van der Waals surface area contributed by atoms with Gasteiger partial charge in [0.2, 0.25) is 11.4 Å². The number of pyridine rings is 1. The summed E-state index contributed by atoms with van der Waals surface area (Å²) in [5, 5.41) is 8.63. The molecule has 3 rings (SSSR count). The molecule has 7 nitrogen and oxygen atoms in total. The number of fused-ring (bicyclic) bond motifs is 1. The molecule has 1 saturated heterocycles. The molecule has 0 saturated carbocycles. The lowest BCUT2D eigenvalue weighted by molar-refractivity contribution is 0.0688. The number of carbonyl (C=O) groups is 1. The summed E-state index contributed by atoms with van der Waals surface area (Å²) >= 11 is 0. The number of carboxylic acids is 1. The molecule has 0 unspecified atom stereocenters. The Morgan fingerprint density at radius 3 is 2.40 bits per heavy atom. The van der Waals surface area contributed by atoms with Gasteiger partial charge in [-0.3, -0.25) is 4.79 Å². The fourth-order valence-electron chi connectivity index (χ4n) is 3.07. The third-order valence-corrected chi connectivity index (χ3v) is 4.46. The van der Waals surface area contributed by atoms with E-state index in [1.165, 1.54) is 19.2 Å². The molecule has 25 heavy (non-hydrogen) atoms. The van der Waals surface area contributed by atoms with Crippen LogP contribution in [0.4, 0.5) is 14.5 Å². The van der Waals surface area contributed by atoms with Gasteiger partial charge in [0.15, 0.2) is 5.56 Å². The smallest absolute Gasteiger partial charge is 0.344 e. The van der Waals surface area contributed by atoms with E-state index < -0.39 is 34.1 Å². The fourth-order valence-corrected chi connectivity index (χ4v) is 3.07. The molecule has 0 amide bonds. The predicted molar refractivity (Wildman–Crippen MR) is 90.1 cm³/mol. The number of nitrogens with one attached hydrogen (secondary N) is 1. The predicted octanol–water partition coefficient (Wildman–Crippen LogP) is 0.903. The van der Waals surface area contributed by atoms with Gasteiger partial charge in [-0.25, -0.2) is 13.9 Å². The van der Waals surface area contributed by atoms with E-state index >= 15 is 0 Å². The third kappa shape index (κ3) is 2.80. The first-order valence-corrected chi connectivity index (χ1v) is 7.77. The summed E-state index contributed by atoms with van der Waals surface area (Å²) in [4.78, 5) is 27.6. The zero-order chi connectivity index (χ0) is 18.3. The van der Waals surface area contributed by atoms with Crippen molar-refractivity contribution in [2.45, 2.75) is 0 Å². The number of aromatic carboxylic acids is 1. The number of piperazine rings is 1. The molecular formula is C16H18F2N4O3. The number of hydrogen-bond donors (Lipinski definition) is 2. The Hall–Kier alpha value is -2.68. The van der Waals surface area contributed by atoms with Crippen molar-refractivity contribution < 1.29 is 18.7 Å². The summed E-state index contributed by atoms with van der Waals surface area (Å²) in [7, 11) is 3.35. The van der Waals surface area contributed by atoms with Crippen molar-refractivity contribution in [1.29, 1.82) is 0 Å². The van der Waals surface area contributed by atoms with Crippen LogP contribution in [-0.2, 0) is 0 Å². The maximum Gasteiger partial charge on any atom is 0.344 e. The summed E-state index contributed by atoms with van der Waals surface area (Å²) in [5.41, 5.74) is 0.689. The lowest BCUT2D eigenvalue weighted by Crippen LogP contribution is -2.44. The summed E-state index contributed by atoms with van der Waals surface area (Å²) < 4.78 is 29.9. The average molecular weight is 352 g/mol. The van der Waals surface area contributed by atoms with Crippen molar-refractivity contribution in [1.82, 2.24) is 9.58 Å². The number of benzene rings is 1. The second-order valence-corrected chi connectivity index (χ2v) is 5.97. The van der Waals surface area contributed by atoms with Crippen LogP contribution in [0.25, 0.3) is 10.9 Å². The van der Waals surface area contributed by atoms with E-state index in [0.717, 1.165) is 17.8 Å². The molecule has 9 heteroatoms. The normalized spacial score (nSPS) is 15.6. The van der Waals surface area contributed by atoms with Crippen LogP contribution in [0.5, 0.6) is 0 Å². The minimum atomic E-state index is -1.74. The number of hydrogen-bond acceptors (Lipinski definition) is 5. The number of likely N-dealkylation sites (N-methyl/N-ethyl adjacent to an activating group) is 1. The van der Waals surface area contributed by atoms with Crippen molar-refractivity contribution >= 4 is 22.6 Å². The van der Waals surface area contributed by atoms with Crippen LogP contribution in [0.1, 0.15) is 10.4 Å². The van der Waals surface area contributed by atoms with Crippen LogP contribution in [0.15, 0.2) is 16.9 Å². The van der Waals surface area contributed by atoms with Gasteiger partial charge in [0.05, 0.1) is 10.9 Å². The Balaban J connectivity index is 2.26. The summed E-state index contributed by atoms with van der Waals surface area (Å²) in [6, 6.07) is 2.69. The molecule has 0 radical (unpaired) electrons. The first-order valence-electron chi connectivity index (χ1n) is 7.77. The van der Waals surface area contributed by atoms with Crippen molar-refractivity contribution in [3.8, 4) is 0 Å². The SMILES string of the molecule is CNn1c(F)c(C(=O)O)c(=O)c2c(F)cc(N3CCN(C)CC3)cc21. The standard InChI is InChI=1S/C16H18F2N4O3/c1-19-22-11-8-9(21-5-3-20(2)4-6-21)7-10(17)12(11)14(23)13(15(22)18)16(24)25/h7-8,19H,3-6H2,1-2H3,(H,24,25). The van der Waals surface area contributed by atoms with Gasteiger partial charge in [0.1, 0.15) is 5.82 Å². The van der Waals surface area contributed by atoms with E-state index in [2.05, 4.69) is 10.3 Å². The van der Waals surface area contributed by atoms with Crippen LogP contribution in [0.3, 0.4) is 0 Å². The number of carboxylic acid groups (broad SMARTS) is 1. The number of aromatic nitrogens is 1. The van der Waals surface area contributed by atoms with E-state index in [0.29, 0.717) is 18.8 Å². The summed E-state index contributed by atoms with van der Waals surface area (Å²) in [6.07, 6.45) is 0. The molecule has 1 fully saturated rings. The van der Waals surface area contributed by atoms with Crippen LogP contribution >= 0.6 is 0 Å². The Kier molecular flexibility index (Phi) is 4.34. The molecule has 2 heterocycles. The van der Waals surface area contributed by atoms with E-state index in [4.69, 9.17) is 5.11 Å². The van der Waals surface area contributed by atoms with Gasteiger partial charge in [-0.15, -0.1) is 0 Å². The number of anilines is 1. The maximum atomic E-state index is 14.6. The van der Waals surface area contributed by atoms with Crippen LogP contribution < -0.4 is 15.8 Å². The molecule has 0 aliphatic carbocycles. The maximum absolute atomic E-state index is 14.6. The molecule has 0 atom stereocenters. The highest BCUT2D eigenvalue weighted by molar-refractivity contribution is 5.94. The molecule has 1 aliphatic heterocycles. The van der Waals surface area contributed by atoms with Crippen molar-refractivity contribution in [2.75, 3.05) is 50.6 Å². The van der Waals surface area contributed by atoms with Gasteiger partial charge in [0.25, 0.3) is 0 Å². The zero-order valence-electron chi connectivity index (χ0n) is 13.8. The Morgan fingerprint density at radius 1 is 1.20 bits per heavy atom. The van der Waals surface area contributed by atoms with Gasteiger partial charge in [-0.05, 0) is 19.2 Å². The van der Waals surface area contributed by atoms with Crippen molar-refractivity contribution in [3.63, 3.8) is 0 Å². The largest absolute Gasteiger partial charge is 0.477 e. The highest BCUT2D eigenvalue weighted by Crippen LogP contribution is 2.25. The van der Waals surface area contributed by atoms with E-state index in [-0.39, 0.29) is 5.52 Å². The zero-order valence-corrected chi connectivity index (χ0v) is 13.8. The number of rotatable bonds is 3. The lowest BCUT2D eigenvalue weighted by Gasteiger charge is -2.34. The number of halogens is 2. The van der Waals surface area contributed by atoms with E-state index in [1.54, 1.807) is 0 Å². The molecule has 1 aromatic carbocycles. The van der Waals surface area contributed by atoms with Crippen LogP contribution in [0.2, 0.25) is 0 Å². The first kappa shape index (κ1) is 17.2. The molecule has 134 valence electrons. The van der Waals surface area contributed by atoms with Crippen molar-refractivity contribution in [2.24, 2.45) is 0 Å². The lowest BCUT2D eigenvalue weighted by atomic mass is 10.1. The fraction of sp³-hybridized carbons (Fsp3) is 0.375. The van der Waals surface area contributed by atoms with Gasteiger partial charge in [-0.1, -0.05) is 0 Å². The summed E-state index contributed by atoms with van der Waals surface area (Å²) in [6.45, 7) is 2.93. The van der Waals surface area contributed by atoms with E-state index in [9.17, 15) is 18.4 Å². The van der Waals surface area contributed by atoms with Gasteiger partial charge >= 0.3 is 5.97 Å². The van der Waals surface area contributed by atoms with Crippen LogP contribution in [-0.4, -0.2) is 60.9 Å². The second-order valence-electron chi connectivity index (χ2n) is 5.97. The number of nitrogens with zero attached hydrogens (tertiary/aromatic N) is 3. The Morgan fingerprint density at radius 2 is 1.84 bits per heavy atom. The minimum absolute atomic E-state index is 0.0380. The Bertz CT molecular complexity index is 905. The highest BCUT2D eigenvalue weighted by Gasteiger charge is 2.25. The molecule has 1 aliphatic rings. The van der Waals surface area contributed by atoms with Crippen molar-refractivity contribution in [3.05, 3.63) is 39.7 Å². The third-order valence-electron chi connectivity index (χ3n) is 4.46. The average Bonchev–Trinajstić information content (AvgIpc) is 2.54.